The van der Waals surface area contributed by atoms with Crippen LogP contribution in [0.2, 0.25) is 0 Å². The molecule has 2 aromatic rings. The zero-order valence-corrected chi connectivity index (χ0v) is 14.1. The van der Waals surface area contributed by atoms with Gasteiger partial charge in [0.2, 0.25) is 0 Å². The summed E-state index contributed by atoms with van der Waals surface area (Å²) in [6.45, 7) is 0. The van der Waals surface area contributed by atoms with Crippen LogP contribution in [0.25, 0.3) is 0 Å². The molecular weight excluding hydrogens is 340 g/mol. The first-order chi connectivity index (χ1) is 11.9. The van der Waals surface area contributed by atoms with Gasteiger partial charge in [-0.1, -0.05) is 48.5 Å². The number of carbonyl (C=O) groups excluding carboxylic acids is 2. The monoisotopic (exact) mass is 356 g/mol. The molecular formula is C18H16N2O4S. The van der Waals surface area contributed by atoms with Crippen molar-refractivity contribution in [2.45, 2.75) is 23.3 Å². The number of amides is 1. The molecule has 7 heteroatoms. The molecule has 1 N–H and O–H groups in total. The van der Waals surface area contributed by atoms with Gasteiger partial charge in [-0.15, -0.1) is 0 Å². The summed E-state index contributed by atoms with van der Waals surface area (Å²) in [5, 5.41) is 0. The molecule has 0 saturated carbocycles. The third kappa shape index (κ3) is 3.36. The van der Waals surface area contributed by atoms with Crippen molar-refractivity contribution in [2.75, 3.05) is 0 Å². The molecule has 1 unspecified atom stereocenters. The van der Waals surface area contributed by atoms with E-state index in [1.165, 1.54) is 18.3 Å². The highest BCUT2D eigenvalue weighted by Gasteiger charge is 2.44. The van der Waals surface area contributed by atoms with Gasteiger partial charge in [0.05, 0.1) is 4.90 Å². The smallest absolute Gasteiger partial charge is 0.266 e. The highest BCUT2D eigenvalue weighted by atomic mass is 32.2. The van der Waals surface area contributed by atoms with Gasteiger partial charge >= 0.3 is 0 Å². The summed E-state index contributed by atoms with van der Waals surface area (Å²) in [6, 6.07) is 16.1. The number of hydrogen-bond donors (Lipinski definition) is 1. The fourth-order valence-electron chi connectivity index (χ4n) is 2.73. The number of carbonyl (C=O) groups is 2. The zero-order valence-electron chi connectivity index (χ0n) is 13.3. The minimum absolute atomic E-state index is 0.0299. The molecule has 3 rings (SSSR count). The number of Topliss-reactive ketones (excluding diaryl/α,β-unsaturated/α-hetero) is 1. The van der Waals surface area contributed by atoms with E-state index in [4.69, 9.17) is 0 Å². The number of aliphatic imine (C=N–C) groups is 1. The molecule has 0 radical (unpaired) electrons. The largest absolute Gasteiger partial charge is 0.299 e. The van der Waals surface area contributed by atoms with Gasteiger partial charge in [-0.05, 0) is 17.7 Å². The third-order valence-electron chi connectivity index (χ3n) is 3.99. The zero-order chi connectivity index (χ0) is 17.9. The maximum atomic E-state index is 12.9. The average Bonchev–Trinajstić information content (AvgIpc) is 2.62. The van der Waals surface area contributed by atoms with E-state index in [1.807, 2.05) is 0 Å². The lowest BCUT2D eigenvalue weighted by molar-refractivity contribution is -0.130. The second-order valence-corrected chi connectivity index (χ2v) is 7.39. The van der Waals surface area contributed by atoms with Crippen molar-refractivity contribution in [3.8, 4) is 0 Å². The van der Waals surface area contributed by atoms with Gasteiger partial charge in [0.15, 0.2) is 5.54 Å². The lowest BCUT2D eigenvalue weighted by Crippen LogP contribution is -2.48. The van der Waals surface area contributed by atoms with Crippen molar-refractivity contribution in [1.82, 2.24) is 4.72 Å². The standard InChI is InChI=1S/C18H16N2O4S/c21-15-11-12-19-18(13-15,14-7-3-1-4-8-14)17(22)20-25(23,24)16-9-5-2-6-10-16/h1-10,12H,11,13H2,(H,20,22). The van der Waals surface area contributed by atoms with Crippen LogP contribution < -0.4 is 4.72 Å². The fraction of sp³-hybridized carbons (Fsp3) is 0.167. The van der Waals surface area contributed by atoms with Crippen molar-refractivity contribution in [2.24, 2.45) is 4.99 Å². The molecule has 0 bridgehead atoms. The molecule has 6 nitrogen and oxygen atoms in total. The minimum atomic E-state index is -4.06. The molecule has 0 saturated heterocycles. The van der Waals surface area contributed by atoms with Crippen LogP contribution in [-0.2, 0) is 25.2 Å². The van der Waals surface area contributed by atoms with E-state index in [-0.39, 0.29) is 23.5 Å². The Hall–Kier alpha value is -2.80. The number of nitrogens with zero attached hydrogens (tertiary/aromatic N) is 1. The molecule has 25 heavy (non-hydrogen) atoms. The van der Waals surface area contributed by atoms with Gasteiger partial charge in [-0.2, -0.15) is 0 Å². The fourth-order valence-corrected chi connectivity index (χ4v) is 3.78. The molecule has 128 valence electrons. The first-order valence-corrected chi connectivity index (χ1v) is 9.16. The topological polar surface area (TPSA) is 92.7 Å². The average molecular weight is 356 g/mol. The van der Waals surface area contributed by atoms with Crippen molar-refractivity contribution in [3.05, 3.63) is 66.2 Å². The normalized spacial score (nSPS) is 20.2. The molecule has 1 amide bonds. The van der Waals surface area contributed by atoms with Crippen LogP contribution in [0.15, 0.2) is 70.6 Å². The molecule has 1 aliphatic rings. The Morgan fingerprint density at radius 2 is 1.60 bits per heavy atom. The number of ketones is 1. The van der Waals surface area contributed by atoms with Gasteiger partial charge in [-0.25, -0.2) is 13.1 Å². The van der Waals surface area contributed by atoms with Crippen LogP contribution >= 0.6 is 0 Å². The van der Waals surface area contributed by atoms with Gasteiger partial charge in [0, 0.05) is 19.1 Å². The van der Waals surface area contributed by atoms with E-state index >= 15 is 0 Å². The minimum Gasteiger partial charge on any atom is -0.299 e. The van der Waals surface area contributed by atoms with Crippen molar-refractivity contribution < 1.29 is 18.0 Å². The molecule has 0 fully saturated rings. The Morgan fingerprint density at radius 1 is 1.00 bits per heavy atom. The predicted octanol–water partition coefficient (Wildman–Crippen LogP) is 1.82. The summed E-state index contributed by atoms with van der Waals surface area (Å²) in [4.78, 5) is 29.1. The van der Waals surface area contributed by atoms with E-state index in [9.17, 15) is 18.0 Å². The lowest BCUT2D eigenvalue weighted by atomic mass is 9.82. The number of rotatable bonds is 4. The molecule has 0 spiro atoms. The van der Waals surface area contributed by atoms with Crippen LogP contribution in [0.4, 0.5) is 0 Å². The van der Waals surface area contributed by atoms with Crippen molar-refractivity contribution in [3.63, 3.8) is 0 Å². The van der Waals surface area contributed by atoms with E-state index in [0.717, 1.165) is 0 Å². The molecule has 0 aromatic heterocycles. The quantitative estimate of drug-likeness (QED) is 0.904. The Bertz CT molecular complexity index is 924. The first-order valence-electron chi connectivity index (χ1n) is 7.67. The number of hydrogen-bond acceptors (Lipinski definition) is 5. The summed E-state index contributed by atoms with van der Waals surface area (Å²) < 4.78 is 27.0. The first kappa shape index (κ1) is 17.0. The van der Waals surface area contributed by atoms with Gasteiger partial charge in [0.25, 0.3) is 15.9 Å². The van der Waals surface area contributed by atoms with Crippen molar-refractivity contribution in [1.29, 1.82) is 0 Å². The molecule has 1 atom stereocenters. The maximum absolute atomic E-state index is 12.9. The number of sulfonamides is 1. The number of benzene rings is 2. The van der Waals surface area contributed by atoms with Crippen LogP contribution in [-0.4, -0.2) is 26.3 Å². The molecule has 2 aromatic carbocycles. The Morgan fingerprint density at radius 3 is 2.20 bits per heavy atom. The van der Waals surface area contributed by atoms with Gasteiger partial charge in [-0.3, -0.25) is 14.6 Å². The second kappa shape index (κ2) is 6.60. The predicted molar refractivity (Wildman–Crippen MR) is 92.6 cm³/mol. The lowest BCUT2D eigenvalue weighted by Gasteiger charge is -2.30. The van der Waals surface area contributed by atoms with E-state index in [1.54, 1.807) is 48.5 Å². The van der Waals surface area contributed by atoms with Crippen LogP contribution in [0.3, 0.4) is 0 Å². The summed E-state index contributed by atoms with van der Waals surface area (Å²) in [6.07, 6.45) is 1.32. The second-order valence-electron chi connectivity index (χ2n) is 5.71. The van der Waals surface area contributed by atoms with Gasteiger partial charge in [0.1, 0.15) is 5.78 Å². The third-order valence-corrected chi connectivity index (χ3v) is 5.34. The Kier molecular flexibility index (Phi) is 4.50. The highest BCUT2D eigenvalue weighted by molar-refractivity contribution is 7.90. The van der Waals surface area contributed by atoms with Gasteiger partial charge < -0.3 is 0 Å². The number of nitrogens with one attached hydrogen (secondary N) is 1. The highest BCUT2D eigenvalue weighted by Crippen LogP contribution is 2.33. The molecule has 1 heterocycles. The maximum Gasteiger partial charge on any atom is 0.266 e. The van der Waals surface area contributed by atoms with Crippen LogP contribution in [0.1, 0.15) is 18.4 Å². The van der Waals surface area contributed by atoms with E-state index in [0.29, 0.717) is 5.56 Å². The Labute approximate surface area is 145 Å². The van der Waals surface area contributed by atoms with E-state index in [2.05, 4.69) is 9.71 Å². The molecule has 1 aliphatic heterocycles. The SMILES string of the molecule is O=C1CC=NC(C(=O)NS(=O)(=O)c2ccccc2)(c2ccccc2)C1. The van der Waals surface area contributed by atoms with E-state index < -0.39 is 21.5 Å². The molecule has 0 aliphatic carbocycles. The summed E-state index contributed by atoms with van der Waals surface area (Å²) in [5.74, 6) is -1.02. The Balaban J connectivity index is 2.00. The summed E-state index contributed by atoms with van der Waals surface area (Å²) in [5.41, 5.74) is -1.10. The van der Waals surface area contributed by atoms with Crippen molar-refractivity contribution >= 4 is 27.9 Å². The summed E-state index contributed by atoms with van der Waals surface area (Å²) >= 11 is 0. The van der Waals surface area contributed by atoms with Crippen LogP contribution in [0.5, 0.6) is 0 Å². The summed E-state index contributed by atoms with van der Waals surface area (Å²) in [7, 11) is -4.06. The van der Waals surface area contributed by atoms with Crippen LogP contribution in [0, 0.1) is 0 Å².